The minimum absolute atomic E-state index is 0.214. The summed E-state index contributed by atoms with van der Waals surface area (Å²) in [6.45, 7) is 2.08. The van der Waals surface area contributed by atoms with Crippen molar-refractivity contribution in [2.24, 2.45) is 11.7 Å². The van der Waals surface area contributed by atoms with E-state index in [2.05, 4.69) is 13.0 Å². The summed E-state index contributed by atoms with van der Waals surface area (Å²) in [6.07, 6.45) is 2.46. The van der Waals surface area contributed by atoms with Crippen molar-refractivity contribution in [3.8, 4) is 6.07 Å². The number of rotatable bonds is 2. The van der Waals surface area contributed by atoms with Crippen molar-refractivity contribution in [2.75, 3.05) is 0 Å². The number of hydrogen-bond donors (Lipinski definition) is 1. The van der Waals surface area contributed by atoms with Gasteiger partial charge in [-0.3, -0.25) is 0 Å². The van der Waals surface area contributed by atoms with Gasteiger partial charge in [-0.25, -0.2) is 0 Å². The maximum Gasteiger partial charge on any atom is 0.0991 e. The van der Waals surface area contributed by atoms with Crippen LogP contribution in [0.2, 0.25) is 0 Å². The zero-order chi connectivity index (χ0) is 10.2. The van der Waals surface area contributed by atoms with Gasteiger partial charge in [0.05, 0.1) is 11.6 Å². The molecule has 0 aromatic heterocycles. The Balaban J connectivity index is 2.28. The Morgan fingerprint density at radius 2 is 1.93 bits per heavy atom. The highest BCUT2D eigenvalue weighted by molar-refractivity contribution is 5.35. The summed E-state index contributed by atoms with van der Waals surface area (Å²) < 4.78 is 0. The lowest BCUT2D eigenvalue weighted by atomic mass is 9.88. The third-order valence-corrected chi connectivity index (χ3v) is 3.06. The third-order valence-electron chi connectivity index (χ3n) is 3.06. The molecule has 2 nitrogen and oxygen atoms in total. The van der Waals surface area contributed by atoms with Gasteiger partial charge in [-0.2, -0.15) is 5.26 Å². The minimum atomic E-state index is -0.214. The molecule has 1 fully saturated rings. The molecular weight excluding hydrogens is 172 g/mol. The lowest BCUT2D eigenvalue weighted by Crippen LogP contribution is -2.35. The lowest BCUT2D eigenvalue weighted by molar-refractivity contribution is 0.427. The van der Waals surface area contributed by atoms with Gasteiger partial charge >= 0.3 is 0 Å². The molecule has 0 saturated heterocycles. The van der Waals surface area contributed by atoms with Gasteiger partial charge in [0.1, 0.15) is 0 Å². The van der Waals surface area contributed by atoms with Gasteiger partial charge in [-0.05, 0) is 43.4 Å². The molecule has 0 radical (unpaired) electrons. The maximum absolute atomic E-state index is 8.67. The monoisotopic (exact) mass is 186 g/mol. The fourth-order valence-corrected chi connectivity index (χ4v) is 1.82. The van der Waals surface area contributed by atoms with E-state index in [-0.39, 0.29) is 5.54 Å². The fourth-order valence-electron chi connectivity index (χ4n) is 1.82. The van der Waals surface area contributed by atoms with Crippen molar-refractivity contribution in [1.82, 2.24) is 0 Å². The Morgan fingerprint density at radius 3 is 2.36 bits per heavy atom. The van der Waals surface area contributed by atoms with Crippen molar-refractivity contribution in [3.63, 3.8) is 0 Å². The second kappa shape index (κ2) is 3.11. The smallest absolute Gasteiger partial charge is 0.0991 e. The normalized spacial score (nSPS) is 19.8. The zero-order valence-electron chi connectivity index (χ0n) is 8.33. The maximum atomic E-state index is 8.67. The van der Waals surface area contributed by atoms with E-state index in [9.17, 15) is 0 Å². The first-order chi connectivity index (χ1) is 6.64. The number of nitrogens with zero attached hydrogens (tertiary/aromatic N) is 1. The minimum Gasteiger partial charge on any atom is -0.321 e. The number of benzene rings is 1. The molecule has 0 heterocycles. The number of hydrogen-bond acceptors (Lipinski definition) is 2. The highest BCUT2D eigenvalue weighted by Gasteiger charge is 2.39. The van der Waals surface area contributed by atoms with Gasteiger partial charge in [0.15, 0.2) is 0 Å². The van der Waals surface area contributed by atoms with Crippen LogP contribution in [0.3, 0.4) is 0 Å². The molecule has 1 aromatic carbocycles. The molecule has 1 aliphatic rings. The highest BCUT2D eigenvalue weighted by atomic mass is 14.8. The molecule has 1 saturated carbocycles. The van der Waals surface area contributed by atoms with E-state index in [0.717, 1.165) is 5.56 Å². The summed E-state index contributed by atoms with van der Waals surface area (Å²) in [5, 5.41) is 8.67. The van der Waals surface area contributed by atoms with Crippen LogP contribution in [0.15, 0.2) is 24.3 Å². The summed E-state index contributed by atoms with van der Waals surface area (Å²) in [7, 11) is 0. The predicted octanol–water partition coefficient (Wildman–Crippen LogP) is 2.14. The van der Waals surface area contributed by atoms with E-state index < -0.39 is 0 Å². The van der Waals surface area contributed by atoms with Gasteiger partial charge in [0.25, 0.3) is 0 Å². The van der Waals surface area contributed by atoms with Crippen molar-refractivity contribution in [3.05, 3.63) is 35.4 Å². The van der Waals surface area contributed by atoms with Gasteiger partial charge in [0, 0.05) is 5.54 Å². The Kier molecular flexibility index (Phi) is 2.05. The van der Waals surface area contributed by atoms with E-state index in [4.69, 9.17) is 11.0 Å². The van der Waals surface area contributed by atoms with Crippen molar-refractivity contribution in [2.45, 2.75) is 25.3 Å². The second-order valence-electron chi connectivity index (χ2n) is 4.25. The number of nitriles is 1. The van der Waals surface area contributed by atoms with E-state index in [1.807, 2.05) is 24.3 Å². The number of nitrogens with two attached hydrogens (primary N) is 1. The molecule has 0 spiro atoms. The quantitative estimate of drug-likeness (QED) is 0.769. The average Bonchev–Trinajstić information content (AvgIpc) is 3.01. The van der Waals surface area contributed by atoms with Gasteiger partial charge in [0.2, 0.25) is 0 Å². The molecule has 14 heavy (non-hydrogen) atoms. The average molecular weight is 186 g/mol. The van der Waals surface area contributed by atoms with Gasteiger partial charge in [-0.1, -0.05) is 12.1 Å². The van der Waals surface area contributed by atoms with Crippen LogP contribution in [-0.2, 0) is 5.54 Å². The van der Waals surface area contributed by atoms with E-state index in [1.165, 1.54) is 12.8 Å². The first-order valence-corrected chi connectivity index (χ1v) is 4.94. The Labute approximate surface area is 84.3 Å². The molecule has 0 amide bonds. The molecule has 72 valence electrons. The van der Waals surface area contributed by atoms with Crippen LogP contribution in [0.5, 0.6) is 0 Å². The van der Waals surface area contributed by atoms with E-state index >= 15 is 0 Å². The van der Waals surface area contributed by atoms with Crippen LogP contribution in [-0.4, -0.2) is 0 Å². The van der Waals surface area contributed by atoms with Crippen LogP contribution in [0, 0.1) is 17.2 Å². The van der Waals surface area contributed by atoms with Crippen molar-refractivity contribution < 1.29 is 0 Å². The van der Waals surface area contributed by atoms with Crippen LogP contribution < -0.4 is 5.73 Å². The van der Waals surface area contributed by atoms with Crippen molar-refractivity contribution >= 4 is 0 Å². The second-order valence-corrected chi connectivity index (χ2v) is 4.25. The van der Waals surface area contributed by atoms with Crippen molar-refractivity contribution in [1.29, 1.82) is 5.26 Å². The Morgan fingerprint density at radius 1 is 1.36 bits per heavy atom. The van der Waals surface area contributed by atoms with E-state index in [1.54, 1.807) is 0 Å². The lowest BCUT2D eigenvalue weighted by Gasteiger charge is -2.24. The van der Waals surface area contributed by atoms with E-state index in [0.29, 0.717) is 11.5 Å². The standard InChI is InChI=1S/C12H14N2/c1-12(14,11-6-7-11)10-4-2-9(8-13)3-5-10/h2-5,11H,6-7,14H2,1H3. The molecule has 1 atom stereocenters. The molecule has 1 unspecified atom stereocenters. The molecule has 1 aliphatic carbocycles. The fraction of sp³-hybridized carbons (Fsp3) is 0.417. The van der Waals surface area contributed by atoms with Crippen LogP contribution in [0.25, 0.3) is 0 Å². The largest absolute Gasteiger partial charge is 0.321 e. The SMILES string of the molecule is CC(N)(c1ccc(C#N)cc1)C1CC1. The van der Waals surface area contributed by atoms with Crippen LogP contribution >= 0.6 is 0 Å². The van der Waals surface area contributed by atoms with Crippen LogP contribution in [0.4, 0.5) is 0 Å². The van der Waals surface area contributed by atoms with Crippen LogP contribution in [0.1, 0.15) is 30.9 Å². The molecule has 0 bridgehead atoms. The molecule has 1 aromatic rings. The third kappa shape index (κ3) is 1.51. The Bertz CT molecular complexity index is 366. The van der Waals surface area contributed by atoms with Gasteiger partial charge < -0.3 is 5.73 Å². The topological polar surface area (TPSA) is 49.8 Å². The summed E-state index contributed by atoms with van der Waals surface area (Å²) in [6, 6.07) is 9.72. The highest BCUT2D eigenvalue weighted by Crippen LogP contribution is 2.43. The molecule has 2 heteroatoms. The molecule has 0 aliphatic heterocycles. The summed E-state index contributed by atoms with van der Waals surface area (Å²) >= 11 is 0. The predicted molar refractivity (Wildman–Crippen MR) is 55.4 cm³/mol. The summed E-state index contributed by atoms with van der Waals surface area (Å²) in [5.74, 6) is 0.621. The zero-order valence-corrected chi connectivity index (χ0v) is 8.33. The van der Waals surface area contributed by atoms with Gasteiger partial charge in [-0.15, -0.1) is 0 Å². The molecule has 2 N–H and O–H groups in total. The molecule has 2 rings (SSSR count). The summed E-state index contributed by atoms with van der Waals surface area (Å²) in [4.78, 5) is 0. The molecular formula is C12H14N2. The summed E-state index contributed by atoms with van der Waals surface area (Å²) in [5.41, 5.74) is 7.87. The Hall–Kier alpha value is -1.33. The first kappa shape index (κ1) is 9.23. The first-order valence-electron chi connectivity index (χ1n) is 4.94.